The van der Waals surface area contributed by atoms with Crippen molar-refractivity contribution in [3.63, 3.8) is 0 Å². The third-order valence-electron chi connectivity index (χ3n) is 2.39. The molecule has 0 aliphatic heterocycles. The van der Waals surface area contributed by atoms with E-state index in [4.69, 9.17) is 21.1 Å². The Bertz CT molecular complexity index is 400. The third kappa shape index (κ3) is 2.14. The first-order valence-electron chi connectivity index (χ1n) is 4.96. The fourth-order valence-corrected chi connectivity index (χ4v) is 1.94. The summed E-state index contributed by atoms with van der Waals surface area (Å²) < 4.78 is 10.5. The minimum atomic E-state index is 0.128. The maximum atomic E-state index is 11.0. The first-order chi connectivity index (χ1) is 7.56. The van der Waals surface area contributed by atoms with Crippen molar-refractivity contribution in [2.24, 2.45) is 0 Å². The Hall–Kier alpha value is -1.22. The molecule has 1 rings (SSSR count). The van der Waals surface area contributed by atoms with Crippen LogP contribution in [0.25, 0.3) is 0 Å². The van der Waals surface area contributed by atoms with Crippen molar-refractivity contribution in [1.82, 2.24) is 0 Å². The molecule has 1 aromatic rings. The predicted octanol–water partition coefficient (Wildman–Crippen LogP) is 3.29. The zero-order chi connectivity index (χ0) is 12.3. The van der Waals surface area contributed by atoms with Gasteiger partial charge in [-0.3, -0.25) is 4.79 Å². The number of rotatable bonds is 4. The molecule has 0 radical (unpaired) electrons. The van der Waals surface area contributed by atoms with E-state index in [9.17, 15) is 4.79 Å². The van der Waals surface area contributed by atoms with Gasteiger partial charge in [0.1, 0.15) is 0 Å². The summed E-state index contributed by atoms with van der Waals surface area (Å²) in [6, 6.07) is 1.59. The lowest BCUT2D eigenvalue weighted by atomic mass is 9.96. The lowest BCUT2D eigenvalue weighted by molar-refractivity contribution is 0.112. The van der Waals surface area contributed by atoms with Gasteiger partial charge in [0, 0.05) is 17.2 Å². The van der Waals surface area contributed by atoms with Gasteiger partial charge in [-0.05, 0) is 5.92 Å². The lowest BCUT2D eigenvalue weighted by Gasteiger charge is -2.18. The Balaban J connectivity index is 3.59. The van der Waals surface area contributed by atoms with E-state index in [2.05, 4.69) is 0 Å². The van der Waals surface area contributed by atoms with Crippen LogP contribution in [0.15, 0.2) is 6.07 Å². The van der Waals surface area contributed by atoms with Crippen molar-refractivity contribution >= 4 is 17.9 Å². The van der Waals surface area contributed by atoms with Crippen LogP contribution in [0.5, 0.6) is 11.5 Å². The summed E-state index contributed by atoms with van der Waals surface area (Å²) in [5.41, 5.74) is 1.25. The second-order valence-corrected chi connectivity index (χ2v) is 4.10. The van der Waals surface area contributed by atoms with E-state index in [0.717, 1.165) is 11.8 Å². The molecule has 0 atom stereocenters. The van der Waals surface area contributed by atoms with E-state index in [1.165, 1.54) is 0 Å². The van der Waals surface area contributed by atoms with Crippen LogP contribution in [-0.2, 0) is 0 Å². The molecule has 0 fully saturated rings. The summed E-state index contributed by atoms with van der Waals surface area (Å²) >= 11 is 6.02. The molecule has 0 aliphatic rings. The fourth-order valence-electron chi connectivity index (χ4n) is 1.70. The van der Waals surface area contributed by atoms with Gasteiger partial charge >= 0.3 is 0 Å². The highest BCUT2D eigenvalue weighted by atomic mass is 35.5. The number of benzene rings is 1. The molecule has 1 aromatic carbocycles. The molecule has 0 bridgehead atoms. The molecule has 4 heteroatoms. The fraction of sp³-hybridized carbons (Fsp3) is 0.417. The highest BCUT2D eigenvalue weighted by Gasteiger charge is 2.20. The number of ether oxygens (including phenoxy) is 2. The topological polar surface area (TPSA) is 35.5 Å². The van der Waals surface area contributed by atoms with E-state index >= 15 is 0 Å². The molecule has 0 amide bonds. The Morgan fingerprint density at radius 2 is 1.94 bits per heavy atom. The van der Waals surface area contributed by atoms with Crippen LogP contribution in [0, 0.1) is 0 Å². The highest BCUT2D eigenvalue weighted by Crippen LogP contribution is 2.41. The molecular formula is C12H15ClO3. The number of methoxy groups -OCH3 is 2. The Morgan fingerprint density at radius 3 is 2.31 bits per heavy atom. The Labute approximate surface area is 100 Å². The molecule has 0 heterocycles. The molecule has 0 aliphatic carbocycles. The van der Waals surface area contributed by atoms with Crippen LogP contribution in [-0.4, -0.2) is 20.5 Å². The van der Waals surface area contributed by atoms with Crippen molar-refractivity contribution in [3.8, 4) is 11.5 Å². The van der Waals surface area contributed by atoms with Gasteiger partial charge in [0.2, 0.25) is 0 Å². The number of hydrogen-bond donors (Lipinski definition) is 0. The molecule has 16 heavy (non-hydrogen) atoms. The molecule has 0 saturated carbocycles. The second kappa shape index (κ2) is 5.21. The van der Waals surface area contributed by atoms with Gasteiger partial charge in [0.15, 0.2) is 17.8 Å². The van der Waals surface area contributed by atoms with Gasteiger partial charge in [0.05, 0.1) is 19.2 Å². The van der Waals surface area contributed by atoms with Gasteiger partial charge < -0.3 is 9.47 Å². The average molecular weight is 243 g/mol. The van der Waals surface area contributed by atoms with Gasteiger partial charge in [-0.1, -0.05) is 25.4 Å². The molecule has 0 aromatic heterocycles. The van der Waals surface area contributed by atoms with Crippen LogP contribution >= 0.6 is 11.6 Å². The number of hydrogen-bond acceptors (Lipinski definition) is 3. The standard InChI is InChI=1S/C12H15ClO3/c1-7(2)11-8(6-14)9(13)5-10(15-3)12(11)16-4/h5-7H,1-4H3. The van der Waals surface area contributed by atoms with Gasteiger partial charge in [0.25, 0.3) is 0 Å². The summed E-state index contributed by atoms with van der Waals surface area (Å²) in [5.74, 6) is 1.24. The molecule has 0 unspecified atom stereocenters. The molecule has 0 saturated heterocycles. The van der Waals surface area contributed by atoms with E-state index in [1.807, 2.05) is 13.8 Å². The van der Waals surface area contributed by atoms with Crippen LogP contribution in [0.4, 0.5) is 0 Å². The van der Waals surface area contributed by atoms with E-state index in [-0.39, 0.29) is 5.92 Å². The molecule has 88 valence electrons. The highest BCUT2D eigenvalue weighted by molar-refractivity contribution is 6.33. The smallest absolute Gasteiger partial charge is 0.164 e. The van der Waals surface area contributed by atoms with E-state index in [0.29, 0.717) is 22.1 Å². The number of aldehydes is 1. The first-order valence-corrected chi connectivity index (χ1v) is 5.34. The molecule has 0 spiro atoms. The van der Waals surface area contributed by atoms with Crippen LogP contribution < -0.4 is 9.47 Å². The first kappa shape index (κ1) is 12.8. The van der Waals surface area contributed by atoms with Gasteiger partial charge in [-0.25, -0.2) is 0 Å². The average Bonchev–Trinajstić information content (AvgIpc) is 2.27. The van der Waals surface area contributed by atoms with Crippen LogP contribution in [0.2, 0.25) is 5.02 Å². The lowest BCUT2D eigenvalue weighted by Crippen LogP contribution is -2.03. The summed E-state index contributed by atoms with van der Waals surface area (Å²) in [4.78, 5) is 11.0. The SMILES string of the molecule is COc1cc(Cl)c(C=O)c(C(C)C)c1OC. The summed E-state index contributed by atoms with van der Waals surface area (Å²) in [5, 5.41) is 0.386. The summed E-state index contributed by atoms with van der Waals surface area (Å²) in [6.45, 7) is 3.95. The zero-order valence-electron chi connectivity index (χ0n) is 9.83. The van der Waals surface area contributed by atoms with E-state index < -0.39 is 0 Å². The minimum Gasteiger partial charge on any atom is -0.493 e. The minimum absolute atomic E-state index is 0.128. The van der Waals surface area contributed by atoms with Crippen molar-refractivity contribution in [3.05, 3.63) is 22.2 Å². The maximum absolute atomic E-state index is 11.0. The molecule has 3 nitrogen and oxygen atoms in total. The third-order valence-corrected chi connectivity index (χ3v) is 2.71. The van der Waals surface area contributed by atoms with Crippen molar-refractivity contribution in [2.75, 3.05) is 14.2 Å². The Morgan fingerprint density at radius 1 is 1.31 bits per heavy atom. The quantitative estimate of drug-likeness (QED) is 0.760. The van der Waals surface area contributed by atoms with Crippen LogP contribution in [0.1, 0.15) is 35.7 Å². The second-order valence-electron chi connectivity index (χ2n) is 3.69. The van der Waals surface area contributed by atoms with Gasteiger partial charge in [-0.15, -0.1) is 0 Å². The van der Waals surface area contributed by atoms with Crippen molar-refractivity contribution < 1.29 is 14.3 Å². The number of carbonyl (C=O) groups excluding carboxylic acids is 1. The van der Waals surface area contributed by atoms with Crippen LogP contribution in [0.3, 0.4) is 0 Å². The van der Waals surface area contributed by atoms with Crippen molar-refractivity contribution in [1.29, 1.82) is 0 Å². The normalized spacial score (nSPS) is 10.4. The number of carbonyl (C=O) groups is 1. The van der Waals surface area contributed by atoms with Gasteiger partial charge in [-0.2, -0.15) is 0 Å². The zero-order valence-corrected chi connectivity index (χ0v) is 10.6. The summed E-state index contributed by atoms with van der Waals surface area (Å²) in [7, 11) is 3.09. The Kier molecular flexibility index (Phi) is 4.19. The summed E-state index contributed by atoms with van der Waals surface area (Å²) in [6.07, 6.45) is 0.750. The maximum Gasteiger partial charge on any atom is 0.164 e. The molecular weight excluding hydrogens is 228 g/mol. The molecule has 0 N–H and O–H groups in total. The van der Waals surface area contributed by atoms with E-state index in [1.54, 1.807) is 20.3 Å². The van der Waals surface area contributed by atoms with Crippen molar-refractivity contribution in [2.45, 2.75) is 19.8 Å². The number of halogens is 1. The predicted molar refractivity (Wildman–Crippen MR) is 64.0 cm³/mol. The largest absolute Gasteiger partial charge is 0.493 e. The monoisotopic (exact) mass is 242 g/mol.